The summed E-state index contributed by atoms with van der Waals surface area (Å²) in [5.41, 5.74) is 0.0385. The molecule has 1 unspecified atom stereocenters. The molecule has 2 N–H and O–H groups in total. The van der Waals surface area contributed by atoms with E-state index in [1.165, 1.54) is 6.42 Å². The summed E-state index contributed by atoms with van der Waals surface area (Å²) in [5.74, 6) is 1.87. The summed E-state index contributed by atoms with van der Waals surface area (Å²) in [7, 11) is 3.88. The van der Waals surface area contributed by atoms with Crippen LogP contribution in [0.15, 0.2) is 0 Å². The van der Waals surface area contributed by atoms with Crippen LogP contribution in [0.2, 0.25) is 0 Å². The van der Waals surface area contributed by atoms with Gasteiger partial charge in [0.2, 0.25) is 5.95 Å². The van der Waals surface area contributed by atoms with E-state index >= 15 is 0 Å². The second-order valence-electron chi connectivity index (χ2n) is 4.12. The Morgan fingerprint density at radius 1 is 1.53 bits per heavy atom. The van der Waals surface area contributed by atoms with Crippen molar-refractivity contribution >= 4 is 5.95 Å². The third kappa shape index (κ3) is 1.51. The summed E-state index contributed by atoms with van der Waals surface area (Å²) in [5, 5.41) is 15.0. The second-order valence-corrected chi connectivity index (χ2v) is 4.12. The Bertz CT molecular complexity index is 338. The minimum Gasteiger partial charge on any atom is -0.357 e. The Kier molecular flexibility index (Phi) is 2.65. The zero-order valence-electron chi connectivity index (χ0n) is 9.67. The number of nitrogens with one attached hydrogen (secondary N) is 2. The quantitative estimate of drug-likeness (QED) is 0.774. The van der Waals surface area contributed by atoms with E-state index in [0.717, 1.165) is 31.2 Å². The van der Waals surface area contributed by atoms with Gasteiger partial charge in [-0.25, -0.2) is 0 Å². The van der Waals surface area contributed by atoms with Crippen LogP contribution in [-0.2, 0) is 12.6 Å². The minimum atomic E-state index is 0.0385. The zero-order valence-corrected chi connectivity index (χ0v) is 9.67. The van der Waals surface area contributed by atoms with Crippen LogP contribution in [-0.4, -0.2) is 28.4 Å². The maximum atomic E-state index is 4.30. The standard InChI is InChI=1S/C10H19N5/c1-4-10(6-5-7-12-10)8-13-14-9(11-2)15(8)3/h12H,4-7H2,1-3H3,(H,11,14). The monoisotopic (exact) mass is 209 g/mol. The normalized spacial score (nSPS) is 25.8. The molecule has 1 fully saturated rings. The fraction of sp³-hybridized carbons (Fsp3) is 0.800. The number of rotatable bonds is 3. The molecule has 1 aliphatic heterocycles. The molecule has 0 spiro atoms. The van der Waals surface area contributed by atoms with Crippen LogP contribution in [0, 0.1) is 0 Å². The highest BCUT2D eigenvalue weighted by Crippen LogP contribution is 2.33. The highest BCUT2D eigenvalue weighted by molar-refractivity contribution is 5.27. The van der Waals surface area contributed by atoms with Gasteiger partial charge < -0.3 is 10.6 Å². The van der Waals surface area contributed by atoms with Crippen molar-refractivity contribution in [1.29, 1.82) is 0 Å². The van der Waals surface area contributed by atoms with Crippen LogP contribution < -0.4 is 10.6 Å². The Balaban J connectivity index is 2.38. The molecule has 1 aliphatic rings. The first kappa shape index (κ1) is 10.4. The van der Waals surface area contributed by atoms with Crippen LogP contribution in [0.1, 0.15) is 32.0 Å². The summed E-state index contributed by atoms with van der Waals surface area (Å²) in [6.45, 7) is 3.28. The molecule has 15 heavy (non-hydrogen) atoms. The molecular weight excluding hydrogens is 190 g/mol. The van der Waals surface area contributed by atoms with Gasteiger partial charge in [0.25, 0.3) is 0 Å². The van der Waals surface area contributed by atoms with Crippen LogP contribution in [0.4, 0.5) is 5.95 Å². The van der Waals surface area contributed by atoms with Crippen LogP contribution >= 0.6 is 0 Å². The van der Waals surface area contributed by atoms with E-state index in [0.29, 0.717) is 0 Å². The van der Waals surface area contributed by atoms with Crippen molar-refractivity contribution in [2.45, 2.75) is 31.7 Å². The Labute approximate surface area is 90.3 Å². The predicted molar refractivity (Wildman–Crippen MR) is 59.8 cm³/mol. The molecule has 0 saturated carbocycles. The smallest absolute Gasteiger partial charge is 0.224 e. The average Bonchev–Trinajstić information content (AvgIpc) is 2.85. The maximum Gasteiger partial charge on any atom is 0.224 e. The van der Waals surface area contributed by atoms with Gasteiger partial charge >= 0.3 is 0 Å². The molecular formula is C10H19N5. The number of hydrogen-bond acceptors (Lipinski definition) is 4. The van der Waals surface area contributed by atoms with E-state index in [2.05, 4.69) is 27.8 Å². The first-order valence-electron chi connectivity index (χ1n) is 5.56. The first-order chi connectivity index (χ1) is 7.23. The fourth-order valence-electron chi connectivity index (χ4n) is 2.42. The van der Waals surface area contributed by atoms with E-state index in [9.17, 15) is 0 Å². The van der Waals surface area contributed by atoms with E-state index in [1.807, 2.05) is 18.7 Å². The van der Waals surface area contributed by atoms with Gasteiger partial charge in [-0.2, -0.15) is 0 Å². The van der Waals surface area contributed by atoms with Crippen molar-refractivity contribution in [2.75, 3.05) is 18.9 Å². The molecule has 1 saturated heterocycles. The maximum absolute atomic E-state index is 4.30. The highest BCUT2D eigenvalue weighted by atomic mass is 15.4. The Morgan fingerprint density at radius 3 is 2.80 bits per heavy atom. The molecule has 5 heteroatoms. The van der Waals surface area contributed by atoms with Crippen molar-refractivity contribution in [1.82, 2.24) is 20.1 Å². The van der Waals surface area contributed by atoms with Crippen LogP contribution in [0.3, 0.4) is 0 Å². The van der Waals surface area contributed by atoms with E-state index in [4.69, 9.17) is 0 Å². The zero-order chi connectivity index (χ0) is 10.9. The Morgan fingerprint density at radius 2 is 2.33 bits per heavy atom. The lowest BCUT2D eigenvalue weighted by molar-refractivity contribution is 0.342. The van der Waals surface area contributed by atoms with E-state index < -0.39 is 0 Å². The van der Waals surface area contributed by atoms with E-state index in [-0.39, 0.29) is 5.54 Å². The summed E-state index contributed by atoms with van der Waals surface area (Å²) in [6, 6.07) is 0. The van der Waals surface area contributed by atoms with Crippen molar-refractivity contribution in [3.63, 3.8) is 0 Å². The molecule has 5 nitrogen and oxygen atoms in total. The second kappa shape index (κ2) is 3.81. The largest absolute Gasteiger partial charge is 0.357 e. The first-order valence-corrected chi connectivity index (χ1v) is 5.56. The molecule has 2 heterocycles. The highest BCUT2D eigenvalue weighted by Gasteiger charge is 2.37. The summed E-state index contributed by atoms with van der Waals surface area (Å²) < 4.78 is 2.04. The van der Waals surface area contributed by atoms with Gasteiger partial charge in [-0.1, -0.05) is 6.92 Å². The van der Waals surface area contributed by atoms with Gasteiger partial charge in [0, 0.05) is 14.1 Å². The third-order valence-corrected chi connectivity index (χ3v) is 3.37. The summed E-state index contributed by atoms with van der Waals surface area (Å²) in [6.07, 6.45) is 3.43. The molecule has 1 aromatic rings. The molecule has 0 aliphatic carbocycles. The van der Waals surface area contributed by atoms with Crippen molar-refractivity contribution in [2.24, 2.45) is 7.05 Å². The minimum absolute atomic E-state index is 0.0385. The summed E-state index contributed by atoms with van der Waals surface area (Å²) >= 11 is 0. The molecule has 0 bridgehead atoms. The fourth-order valence-corrected chi connectivity index (χ4v) is 2.42. The van der Waals surface area contributed by atoms with Crippen molar-refractivity contribution in [3.8, 4) is 0 Å². The number of hydrogen-bond donors (Lipinski definition) is 2. The van der Waals surface area contributed by atoms with Gasteiger partial charge in [-0.05, 0) is 25.8 Å². The van der Waals surface area contributed by atoms with Crippen LogP contribution in [0.5, 0.6) is 0 Å². The van der Waals surface area contributed by atoms with Gasteiger partial charge in [0.05, 0.1) is 5.54 Å². The SMILES string of the molecule is CCC1(c2nnc(NC)n2C)CCCN1. The number of aromatic nitrogens is 3. The van der Waals surface area contributed by atoms with E-state index in [1.54, 1.807) is 0 Å². The molecule has 0 radical (unpaired) electrons. The molecule has 0 aromatic carbocycles. The topological polar surface area (TPSA) is 54.8 Å². The molecule has 2 rings (SSSR count). The predicted octanol–water partition coefficient (Wildman–Crippen LogP) is 0.845. The molecule has 84 valence electrons. The van der Waals surface area contributed by atoms with Crippen molar-refractivity contribution in [3.05, 3.63) is 5.82 Å². The lowest BCUT2D eigenvalue weighted by Crippen LogP contribution is -2.38. The third-order valence-electron chi connectivity index (χ3n) is 3.37. The Hall–Kier alpha value is -1.10. The van der Waals surface area contributed by atoms with Gasteiger partial charge in [-0.3, -0.25) is 4.57 Å². The summed E-state index contributed by atoms with van der Waals surface area (Å²) in [4.78, 5) is 0. The molecule has 0 amide bonds. The van der Waals surface area contributed by atoms with Crippen LogP contribution in [0.25, 0.3) is 0 Å². The van der Waals surface area contributed by atoms with Gasteiger partial charge in [0.1, 0.15) is 0 Å². The lowest BCUT2D eigenvalue weighted by Gasteiger charge is -2.26. The molecule has 1 atom stereocenters. The van der Waals surface area contributed by atoms with Crippen molar-refractivity contribution < 1.29 is 0 Å². The molecule has 1 aromatic heterocycles. The lowest BCUT2D eigenvalue weighted by atomic mass is 9.93. The number of nitrogens with zero attached hydrogens (tertiary/aromatic N) is 3. The van der Waals surface area contributed by atoms with Gasteiger partial charge in [-0.15, -0.1) is 10.2 Å². The average molecular weight is 209 g/mol. The number of anilines is 1. The van der Waals surface area contributed by atoms with Gasteiger partial charge in [0.15, 0.2) is 5.82 Å².